The van der Waals surface area contributed by atoms with Crippen LogP contribution in [0.1, 0.15) is 119 Å². The summed E-state index contributed by atoms with van der Waals surface area (Å²) in [6.45, 7) is 4.54. The maximum Gasteiger partial charge on any atom is -0.0162 e. The summed E-state index contributed by atoms with van der Waals surface area (Å²) in [5.41, 5.74) is 4.61. The summed E-state index contributed by atoms with van der Waals surface area (Å²) in [5.74, 6) is 4.48. The first-order valence-corrected chi connectivity index (χ1v) is 14.5. The molecule has 0 unspecified atom stereocenters. The van der Waals surface area contributed by atoms with E-state index in [9.17, 15) is 0 Å². The first kappa shape index (κ1) is 25.3. The lowest BCUT2D eigenvalue weighted by Crippen LogP contribution is -2.18. The topological polar surface area (TPSA) is 0 Å². The van der Waals surface area contributed by atoms with Gasteiger partial charge in [0.25, 0.3) is 0 Å². The van der Waals surface area contributed by atoms with Gasteiger partial charge in [0.15, 0.2) is 0 Å². The Hall–Kier alpha value is -1.82. The lowest BCUT2D eigenvalue weighted by Gasteiger charge is -2.33. The second kappa shape index (κ2) is 13.3. The van der Waals surface area contributed by atoms with Gasteiger partial charge in [-0.3, -0.25) is 0 Å². The lowest BCUT2D eigenvalue weighted by molar-refractivity contribution is 0.220. The Morgan fingerprint density at radius 2 is 1.32 bits per heavy atom. The van der Waals surface area contributed by atoms with Crippen LogP contribution in [0.5, 0.6) is 0 Å². The predicted octanol–water partition coefficient (Wildman–Crippen LogP) is 10.2. The maximum absolute atomic E-state index is 2.43. The molecule has 0 N–H and O–H groups in total. The quantitative estimate of drug-likeness (QED) is 0.312. The summed E-state index contributed by atoms with van der Waals surface area (Å²) < 4.78 is 0. The molecule has 0 spiro atoms. The van der Waals surface area contributed by atoms with Crippen molar-refractivity contribution in [2.24, 2.45) is 17.8 Å². The van der Waals surface area contributed by atoms with E-state index in [2.05, 4.69) is 80.6 Å². The van der Waals surface area contributed by atoms with Crippen LogP contribution in [0.25, 0.3) is 0 Å². The zero-order valence-corrected chi connectivity index (χ0v) is 21.9. The summed E-state index contributed by atoms with van der Waals surface area (Å²) in [5, 5.41) is 0. The number of hydrogen-bond donors (Lipinski definition) is 0. The molecule has 0 saturated heterocycles. The zero-order chi connectivity index (χ0) is 23.6. The van der Waals surface area contributed by atoms with Gasteiger partial charge >= 0.3 is 0 Å². The Kier molecular flexibility index (Phi) is 9.90. The molecule has 2 aliphatic carbocycles. The van der Waals surface area contributed by atoms with Crippen molar-refractivity contribution < 1.29 is 0 Å². The average molecular weight is 457 g/mol. The monoisotopic (exact) mass is 456 g/mol. The van der Waals surface area contributed by atoms with Crippen molar-refractivity contribution in [1.82, 2.24) is 0 Å². The van der Waals surface area contributed by atoms with Crippen molar-refractivity contribution in [3.05, 3.63) is 83.4 Å². The molecule has 0 radical (unpaired) electrons. The minimum absolute atomic E-state index is 0.715. The highest BCUT2D eigenvalue weighted by Crippen LogP contribution is 2.41. The lowest BCUT2D eigenvalue weighted by atomic mass is 9.73. The molecule has 2 aromatic carbocycles. The molecule has 0 nitrogen and oxygen atoms in total. The van der Waals surface area contributed by atoms with E-state index < -0.39 is 0 Å². The fourth-order valence-electron chi connectivity index (χ4n) is 6.80. The Bertz CT molecular complexity index is 829. The van der Waals surface area contributed by atoms with E-state index in [0.29, 0.717) is 5.92 Å². The van der Waals surface area contributed by atoms with Crippen molar-refractivity contribution in [2.45, 2.75) is 109 Å². The molecule has 0 aromatic heterocycles. The summed E-state index contributed by atoms with van der Waals surface area (Å²) in [4.78, 5) is 0. The van der Waals surface area contributed by atoms with Gasteiger partial charge in [0.1, 0.15) is 0 Å². The van der Waals surface area contributed by atoms with Gasteiger partial charge in [-0.15, -0.1) is 0 Å². The summed E-state index contributed by atoms with van der Waals surface area (Å²) in [6, 6.07) is 20.8. The molecule has 2 aromatic rings. The van der Waals surface area contributed by atoms with Crippen LogP contribution < -0.4 is 0 Å². The molecular weight excluding hydrogens is 408 g/mol. The number of aryl methyl sites for hydroxylation is 1. The molecule has 2 aliphatic rings. The van der Waals surface area contributed by atoms with Crippen molar-refractivity contribution in [3.8, 4) is 0 Å². The third-order valence-corrected chi connectivity index (χ3v) is 9.14. The van der Waals surface area contributed by atoms with Crippen LogP contribution in [0.4, 0.5) is 0 Å². The molecule has 0 bridgehead atoms. The second-order valence-corrected chi connectivity index (χ2v) is 11.6. The number of hydrogen-bond acceptors (Lipinski definition) is 0. The first-order valence-electron chi connectivity index (χ1n) is 14.5. The fraction of sp³-hybridized carbons (Fsp3) is 0.588. The van der Waals surface area contributed by atoms with Crippen molar-refractivity contribution in [2.75, 3.05) is 0 Å². The summed E-state index contributed by atoms with van der Waals surface area (Å²) in [6.07, 6.45) is 22.8. The second-order valence-electron chi connectivity index (χ2n) is 11.6. The van der Waals surface area contributed by atoms with Gasteiger partial charge in [-0.05, 0) is 98.1 Å². The molecular formula is C34H48. The minimum atomic E-state index is 0.715. The van der Waals surface area contributed by atoms with E-state index in [1.54, 1.807) is 5.56 Å². The number of benzene rings is 2. The summed E-state index contributed by atoms with van der Waals surface area (Å²) >= 11 is 0. The molecule has 1 atom stereocenters. The summed E-state index contributed by atoms with van der Waals surface area (Å²) in [7, 11) is 0. The van der Waals surface area contributed by atoms with E-state index in [1.807, 2.05) is 0 Å². The normalized spacial score (nSPS) is 26.5. The fourth-order valence-corrected chi connectivity index (χ4v) is 6.80. The Labute approximate surface area is 210 Å². The molecule has 34 heavy (non-hydrogen) atoms. The van der Waals surface area contributed by atoms with E-state index >= 15 is 0 Å². The molecule has 184 valence electrons. The zero-order valence-electron chi connectivity index (χ0n) is 21.9. The van der Waals surface area contributed by atoms with Gasteiger partial charge in [0.2, 0.25) is 0 Å². The average Bonchev–Trinajstić information content (AvgIpc) is 2.90. The Morgan fingerprint density at radius 3 is 1.94 bits per heavy atom. The van der Waals surface area contributed by atoms with Gasteiger partial charge in [-0.25, -0.2) is 0 Å². The number of rotatable bonds is 10. The molecule has 0 heterocycles. The van der Waals surface area contributed by atoms with Gasteiger partial charge in [-0.2, -0.15) is 0 Å². The number of allylic oxidation sites excluding steroid dienone is 2. The van der Waals surface area contributed by atoms with Crippen LogP contribution in [0.2, 0.25) is 0 Å². The van der Waals surface area contributed by atoms with Gasteiger partial charge < -0.3 is 0 Å². The van der Waals surface area contributed by atoms with E-state index in [0.717, 1.165) is 30.1 Å². The molecule has 4 rings (SSSR count). The van der Waals surface area contributed by atoms with Gasteiger partial charge in [0.05, 0.1) is 0 Å². The van der Waals surface area contributed by atoms with Crippen molar-refractivity contribution in [1.29, 1.82) is 0 Å². The van der Waals surface area contributed by atoms with Crippen LogP contribution in [0.3, 0.4) is 0 Å². The molecule has 0 aliphatic heterocycles. The molecule has 2 fully saturated rings. The van der Waals surface area contributed by atoms with Crippen LogP contribution in [-0.4, -0.2) is 0 Å². The van der Waals surface area contributed by atoms with Crippen molar-refractivity contribution in [3.63, 3.8) is 0 Å². The molecule has 0 heteroatoms. The Balaban J connectivity index is 1.11. The largest absolute Gasteiger partial charge is 0.0917 e. The Morgan fingerprint density at radius 1 is 0.735 bits per heavy atom. The minimum Gasteiger partial charge on any atom is -0.0917 e. The molecule has 2 saturated carbocycles. The van der Waals surface area contributed by atoms with E-state index in [-0.39, 0.29) is 0 Å². The standard InChI is InChI=1S/C34H48/c1-3-4-6-9-28-18-22-33(23-19-28)34-24-20-30(21-25-34)13-12-29-14-16-31(17-15-29)26-27(2)32-10-7-5-8-11-32/h3-5,7-8,10-11,18-19,22-23,27,29-31,34H,6,9,12-17,20-21,24-26H2,1-2H3/t27-,29?,30?,31?,34?/m1/s1. The third-order valence-electron chi connectivity index (χ3n) is 9.14. The highest BCUT2D eigenvalue weighted by atomic mass is 14.3. The van der Waals surface area contributed by atoms with Crippen LogP contribution >= 0.6 is 0 Å². The smallest absolute Gasteiger partial charge is 0.0162 e. The maximum atomic E-state index is 2.43. The first-order chi connectivity index (χ1) is 16.7. The third kappa shape index (κ3) is 7.59. The van der Waals surface area contributed by atoms with Crippen LogP contribution in [-0.2, 0) is 6.42 Å². The highest BCUT2D eigenvalue weighted by Gasteiger charge is 2.26. The van der Waals surface area contributed by atoms with Gasteiger partial charge in [0, 0.05) is 0 Å². The van der Waals surface area contributed by atoms with Crippen LogP contribution in [0.15, 0.2) is 66.7 Å². The SMILES string of the molecule is CC=CCCc1ccc(C2CCC(CCC3CCC(C[C@@H](C)c4ccccc4)CC3)CC2)cc1. The highest BCUT2D eigenvalue weighted by molar-refractivity contribution is 5.26. The van der Waals surface area contributed by atoms with Crippen LogP contribution in [0, 0.1) is 17.8 Å². The van der Waals surface area contributed by atoms with Gasteiger partial charge in [-0.1, -0.05) is 112 Å². The predicted molar refractivity (Wildman–Crippen MR) is 148 cm³/mol. The van der Waals surface area contributed by atoms with E-state index in [4.69, 9.17) is 0 Å². The molecule has 0 amide bonds. The van der Waals surface area contributed by atoms with E-state index in [1.165, 1.54) is 88.2 Å². The van der Waals surface area contributed by atoms with Crippen molar-refractivity contribution >= 4 is 0 Å².